The van der Waals surface area contributed by atoms with E-state index in [4.69, 9.17) is 0 Å². The Morgan fingerprint density at radius 1 is 1.33 bits per heavy atom. The molecule has 0 spiro atoms. The summed E-state index contributed by atoms with van der Waals surface area (Å²) < 4.78 is 0. The molecule has 2 aliphatic rings. The Bertz CT molecular complexity index is 310. The lowest BCUT2D eigenvalue weighted by Gasteiger charge is -2.40. The van der Waals surface area contributed by atoms with E-state index in [-0.39, 0.29) is 0 Å². The molecule has 0 aromatic rings. The molecule has 2 saturated carbocycles. The molecule has 4 atom stereocenters. The zero-order valence-corrected chi connectivity index (χ0v) is 10.6. The largest absolute Gasteiger partial charge is 0.103 e. The molecule has 0 heterocycles. The van der Waals surface area contributed by atoms with Crippen LogP contribution in [0.3, 0.4) is 0 Å². The molecule has 15 heavy (non-hydrogen) atoms. The van der Waals surface area contributed by atoms with E-state index in [0.29, 0.717) is 16.7 Å². The van der Waals surface area contributed by atoms with Gasteiger partial charge < -0.3 is 0 Å². The van der Waals surface area contributed by atoms with Crippen LogP contribution < -0.4 is 0 Å². The number of hydrogen-bond donors (Lipinski definition) is 0. The minimum absolute atomic E-state index is 0.292. The summed E-state index contributed by atoms with van der Waals surface area (Å²) in [7, 11) is 0. The second-order valence-corrected chi connectivity index (χ2v) is 6.53. The Morgan fingerprint density at radius 2 is 1.93 bits per heavy atom. The molecule has 0 N–H and O–H groups in total. The maximum absolute atomic E-state index is 4.22. The summed E-state index contributed by atoms with van der Waals surface area (Å²) in [6.45, 7) is 17.7. The molecular formula is C15H24. The SMILES string of the molecule is C=CC1(C)CCC2C(C1C(=C)C)C2(C)C. The molecule has 0 aromatic heterocycles. The van der Waals surface area contributed by atoms with Crippen molar-refractivity contribution in [2.45, 2.75) is 40.5 Å². The lowest BCUT2D eigenvalue weighted by Crippen LogP contribution is -2.31. The van der Waals surface area contributed by atoms with Gasteiger partial charge in [0.15, 0.2) is 0 Å². The van der Waals surface area contributed by atoms with Crippen LogP contribution in [0.5, 0.6) is 0 Å². The second-order valence-electron chi connectivity index (χ2n) is 6.53. The molecule has 2 fully saturated rings. The van der Waals surface area contributed by atoms with Gasteiger partial charge in [-0.15, -0.1) is 6.58 Å². The molecule has 2 aliphatic carbocycles. The molecule has 0 bridgehead atoms. The van der Waals surface area contributed by atoms with Crippen molar-refractivity contribution in [3.63, 3.8) is 0 Å². The van der Waals surface area contributed by atoms with Crippen molar-refractivity contribution in [1.29, 1.82) is 0 Å². The lowest BCUT2D eigenvalue weighted by atomic mass is 9.65. The minimum atomic E-state index is 0.292. The van der Waals surface area contributed by atoms with Crippen LogP contribution in [-0.2, 0) is 0 Å². The highest BCUT2D eigenvalue weighted by molar-refractivity contribution is 5.24. The molecule has 0 radical (unpaired) electrons. The lowest BCUT2D eigenvalue weighted by molar-refractivity contribution is 0.187. The standard InChI is InChI=1S/C15H24/c1-7-15(6)9-8-11-13(14(11,4)5)12(15)10(2)3/h7,11-13H,1-2,8-9H2,3-6H3. The van der Waals surface area contributed by atoms with Crippen molar-refractivity contribution in [2.24, 2.45) is 28.6 Å². The zero-order valence-electron chi connectivity index (χ0n) is 10.6. The maximum atomic E-state index is 4.22. The Labute approximate surface area is 94.5 Å². The smallest absolute Gasteiger partial charge is 0.00809 e. The molecule has 2 rings (SSSR count). The summed E-state index contributed by atoms with van der Waals surface area (Å²) in [6, 6.07) is 0. The molecular weight excluding hydrogens is 180 g/mol. The van der Waals surface area contributed by atoms with E-state index in [1.807, 2.05) is 0 Å². The summed E-state index contributed by atoms with van der Waals surface area (Å²) in [5.41, 5.74) is 2.20. The van der Waals surface area contributed by atoms with Crippen LogP contribution in [0.25, 0.3) is 0 Å². The van der Waals surface area contributed by atoms with Crippen LogP contribution in [0.15, 0.2) is 24.8 Å². The Morgan fingerprint density at radius 3 is 2.40 bits per heavy atom. The Hall–Kier alpha value is -0.520. The van der Waals surface area contributed by atoms with Gasteiger partial charge in [0.1, 0.15) is 0 Å². The van der Waals surface area contributed by atoms with Gasteiger partial charge in [0.05, 0.1) is 0 Å². The molecule has 0 aromatic carbocycles. The van der Waals surface area contributed by atoms with Gasteiger partial charge in [0, 0.05) is 0 Å². The average molecular weight is 204 g/mol. The Kier molecular flexibility index (Phi) is 2.19. The van der Waals surface area contributed by atoms with Crippen molar-refractivity contribution in [3.05, 3.63) is 24.8 Å². The number of rotatable bonds is 2. The van der Waals surface area contributed by atoms with E-state index < -0.39 is 0 Å². The normalized spacial score (nSPS) is 46.8. The van der Waals surface area contributed by atoms with E-state index in [1.165, 1.54) is 18.4 Å². The number of allylic oxidation sites excluding steroid dienone is 2. The first-order chi connectivity index (χ1) is 6.84. The van der Waals surface area contributed by atoms with Crippen molar-refractivity contribution in [3.8, 4) is 0 Å². The molecule has 0 saturated heterocycles. The fourth-order valence-electron chi connectivity index (χ4n) is 4.13. The number of hydrogen-bond acceptors (Lipinski definition) is 0. The quantitative estimate of drug-likeness (QED) is 0.583. The first-order valence-corrected chi connectivity index (χ1v) is 6.13. The van der Waals surface area contributed by atoms with Crippen molar-refractivity contribution < 1.29 is 0 Å². The minimum Gasteiger partial charge on any atom is -0.103 e. The van der Waals surface area contributed by atoms with Gasteiger partial charge in [0.25, 0.3) is 0 Å². The summed E-state index contributed by atoms with van der Waals surface area (Å²) in [5, 5.41) is 0. The van der Waals surface area contributed by atoms with Crippen LogP contribution in [-0.4, -0.2) is 0 Å². The third-order valence-electron chi connectivity index (χ3n) is 5.20. The van der Waals surface area contributed by atoms with Gasteiger partial charge in [0.2, 0.25) is 0 Å². The fourth-order valence-corrected chi connectivity index (χ4v) is 4.13. The molecule has 0 aliphatic heterocycles. The topological polar surface area (TPSA) is 0 Å². The predicted molar refractivity (Wildman–Crippen MR) is 66.6 cm³/mol. The zero-order chi connectivity index (χ0) is 11.4. The highest BCUT2D eigenvalue weighted by Gasteiger charge is 2.65. The maximum Gasteiger partial charge on any atom is -0.00809 e. The first-order valence-electron chi connectivity index (χ1n) is 6.13. The number of fused-ring (bicyclic) bond motifs is 1. The van der Waals surface area contributed by atoms with Gasteiger partial charge in [-0.25, -0.2) is 0 Å². The molecule has 0 amide bonds. The van der Waals surface area contributed by atoms with Gasteiger partial charge in [-0.3, -0.25) is 0 Å². The van der Waals surface area contributed by atoms with Crippen molar-refractivity contribution >= 4 is 0 Å². The van der Waals surface area contributed by atoms with Gasteiger partial charge in [-0.05, 0) is 48.3 Å². The summed E-state index contributed by atoms with van der Waals surface area (Å²) in [5.74, 6) is 2.45. The van der Waals surface area contributed by atoms with Gasteiger partial charge >= 0.3 is 0 Å². The molecule has 4 unspecified atom stereocenters. The first kappa shape index (κ1) is 11.0. The van der Waals surface area contributed by atoms with Gasteiger partial charge in [-0.1, -0.05) is 39.0 Å². The predicted octanol–water partition coefficient (Wildman–Crippen LogP) is 4.44. The Balaban J connectivity index is 2.34. The van der Waals surface area contributed by atoms with Crippen LogP contribution in [0.2, 0.25) is 0 Å². The summed E-state index contributed by atoms with van der Waals surface area (Å²) >= 11 is 0. The summed E-state index contributed by atoms with van der Waals surface area (Å²) in [4.78, 5) is 0. The van der Waals surface area contributed by atoms with E-state index in [2.05, 4.69) is 46.9 Å². The van der Waals surface area contributed by atoms with Crippen LogP contribution in [0.4, 0.5) is 0 Å². The molecule has 0 nitrogen and oxygen atoms in total. The van der Waals surface area contributed by atoms with Crippen molar-refractivity contribution in [1.82, 2.24) is 0 Å². The van der Waals surface area contributed by atoms with Crippen LogP contribution >= 0.6 is 0 Å². The molecule has 0 heteroatoms. The average Bonchev–Trinajstić information content (AvgIpc) is 2.68. The fraction of sp³-hybridized carbons (Fsp3) is 0.733. The highest BCUT2D eigenvalue weighted by Crippen LogP contribution is 2.71. The summed E-state index contributed by atoms with van der Waals surface area (Å²) in [6.07, 6.45) is 4.85. The monoisotopic (exact) mass is 204 g/mol. The third-order valence-corrected chi connectivity index (χ3v) is 5.20. The van der Waals surface area contributed by atoms with Crippen LogP contribution in [0.1, 0.15) is 40.5 Å². The second kappa shape index (κ2) is 2.99. The molecule has 84 valence electrons. The highest BCUT2D eigenvalue weighted by atomic mass is 14.7. The van der Waals surface area contributed by atoms with E-state index in [9.17, 15) is 0 Å². The van der Waals surface area contributed by atoms with E-state index >= 15 is 0 Å². The van der Waals surface area contributed by atoms with Gasteiger partial charge in [-0.2, -0.15) is 0 Å². The third kappa shape index (κ3) is 1.33. The van der Waals surface area contributed by atoms with Crippen molar-refractivity contribution in [2.75, 3.05) is 0 Å². The van der Waals surface area contributed by atoms with E-state index in [0.717, 1.165) is 11.8 Å². The van der Waals surface area contributed by atoms with Crippen LogP contribution in [0, 0.1) is 28.6 Å². The van der Waals surface area contributed by atoms with E-state index in [1.54, 1.807) is 0 Å².